The van der Waals surface area contributed by atoms with Crippen molar-refractivity contribution in [3.05, 3.63) is 0 Å². The molecule has 75 heavy (non-hydrogen) atoms. The zero-order valence-corrected chi connectivity index (χ0v) is 52.8. The summed E-state index contributed by atoms with van der Waals surface area (Å²) >= 11 is 0. The number of rotatable bonds is 72. The van der Waals surface area contributed by atoms with Crippen molar-refractivity contribution in [2.75, 3.05) is 6.61 Å². The van der Waals surface area contributed by atoms with Crippen LogP contribution in [0, 0.1) is 0 Å². The summed E-state index contributed by atoms with van der Waals surface area (Å²) in [6.45, 7) is 2.81. The standard InChI is InChI=1S/C73H148O2/c1-2-3-4-5-6-7-8-9-10-11-12-13-14-15-16-17-18-19-20-21-22-23-24-25-26-27-28-29-30-31-32-33-34-35-36-37-38-39-40-41-42-43-44-45-46-47-48-49-50-51-52-53-54-55-56-57-58-59-60-61-62-63-64-65-66-67-68-69-70-71-72-73-75-74/h74H,2-73H2,1H3. The van der Waals surface area contributed by atoms with Gasteiger partial charge in [0, 0.05) is 0 Å². The van der Waals surface area contributed by atoms with Crippen molar-refractivity contribution < 1.29 is 10.1 Å². The van der Waals surface area contributed by atoms with Crippen molar-refractivity contribution in [2.24, 2.45) is 0 Å². The molecular formula is C73H148O2. The SMILES string of the molecule is CCCCCCCCCCCCCCCCCCCCCCCCCCCCCCCCCCCCCCCCCCCCCCCCCCCCCCCCCCCCCCCCCCCCCCCCCOO. The van der Waals surface area contributed by atoms with Gasteiger partial charge in [-0.05, 0) is 6.42 Å². The summed E-state index contributed by atoms with van der Waals surface area (Å²) in [6, 6.07) is 0. The molecule has 0 unspecified atom stereocenters. The van der Waals surface area contributed by atoms with Crippen LogP contribution in [0.5, 0.6) is 0 Å². The van der Waals surface area contributed by atoms with Crippen LogP contribution in [0.15, 0.2) is 0 Å². The van der Waals surface area contributed by atoms with E-state index in [0.717, 1.165) is 6.42 Å². The topological polar surface area (TPSA) is 29.5 Å². The fraction of sp³-hybridized carbons (Fsp3) is 1.00. The van der Waals surface area contributed by atoms with E-state index in [1.54, 1.807) is 0 Å². The molecule has 1 N–H and O–H groups in total. The first-order valence-electron chi connectivity index (χ1n) is 36.7. The predicted molar refractivity (Wildman–Crippen MR) is 342 cm³/mol. The molecule has 0 radical (unpaired) electrons. The van der Waals surface area contributed by atoms with Gasteiger partial charge in [0.25, 0.3) is 0 Å². The number of hydrogen-bond acceptors (Lipinski definition) is 2. The lowest BCUT2D eigenvalue weighted by Crippen LogP contribution is -1.88. The summed E-state index contributed by atoms with van der Waals surface area (Å²) in [6.07, 6.45) is 104. The summed E-state index contributed by atoms with van der Waals surface area (Å²) in [7, 11) is 0. The second-order valence-corrected chi connectivity index (χ2v) is 25.6. The minimum absolute atomic E-state index is 0.500. The summed E-state index contributed by atoms with van der Waals surface area (Å²) in [5, 5.41) is 8.34. The molecule has 0 atom stereocenters. The first-order chi connectivity index (χ1) is 37.4. The molecule has 2 heteroatoms. The van der Waals surface area contributed by atoms with Crippen LogP contribution in [0.3, 0.4) is 0 Å². The largest absolute Gasteiger partial charge is 0.252 e. The molecule has 0 aliphatic carbocycles. The molecule has 0 aromatic rings. The van der Waals surface area contributed by atoms with Crippen molar-refractivity contribution in [1.82, 2.24) is 0 Å². The molecule has 0 aromatic heterocycles. The zero-order chi connectivity index (χ0) is 53.6. The molecule has 0 aliphatic heterocycles. The van der Waals surface area contributed by atoms with Crippen molar-refractivity contribution >= 4 is 0 Å². The fourth-order valence-electron chi connectivity index (χ4n) is 12.4. The molecule has 0 aromatic carbocycles. The van der Waals surface area contributed by atoms with E-state index in [4.69, 9.17) is 5.26 Å². The smallest absolute Gasteiger partial charge is 0.0819 e. The molecule has 0 bridgehead atoms. The highest BCUT2D eigenvalue weighted by Crippen LogP contribution is 2.21. The zero-order valence-electron chi connectivity index (χ0n) is 52.8. The summed E-state index contributed by atoms with van der Waals surface area (Å²) < 4.78 is 0. The summed E-state index contributed by atoms with van der Waals surface area (Å²) in [5.74, 6) is 0. The van der Waals surface area contributed by atoms with Gasteiger partial charge < -0.3 is 0 Å². The van der Waals surface area contributed by atoms with Gasteiger partial charge in [-0.2, -0.15) is 0 Å². The Morgan fingerprint density at radius 2 is 0.213 bits per heavy atom. The second kappa shape index (κ2) is 73.9. The van der Waals surface area contributed by atoms with Gasteiger partial charge >= 0.3 is 0 Å². The van der Waals surface area contributed by atoms with Crippen molar-refractivity contribution in [2.45, 2.75) is 463 Å². The molecule has 2 nitrogen and oxygen atoms in total. The summed E-state index contributed by atoms with van der Waals surface area (Å²) in [5.41, 5.74) is 0. The van der Waals surface area contributed by atoms with E-state index >= 15 is 0 Å². The Balaban J connectivity index is 3.07. The molecule has 452 valence electrons. The lowest BCUT2D eigenvalue weighted by Gasteiger charge is -2.05. The monoisotopic (exact) mass is 1060 g/mol. The highest BCUT2D eigenvalue weighted by Gasteiger charge is 2.01. The molecule has 0 spiro atoms. The Morgan fingerprint density at radius 1 is 0.133 bits per heavy atom. The number of unbranched alkanes of at least 4 members (excludes halogenated alkanes) is 70. The van der Waals surface area contributed by atoms with E-state index in [1.807, 2.05) is 0 Å². The predicted octanol–water partition coefficient (Wildman–Crippen LogP) is 28.2. The third kappa shape index (κ3) is 73.9. The maximum absolute atomic E-state index is 8.34. The van der Waals surface area contributed by atoms with E-state index < -0.39 is 0 Å². The third-order valence-corrected chi connectivity index (χ3v) is 17.8. The average molecular weight is 1060 g/mol. The average Bonchev–Trinajstić information content (AvgIpc) is 3.42. The van der Waals surface area contributed by atoms with E-state index in [-0.39, 0.29) is 0 Å². The van der Waals surface area contributed by atoms with Crippen LogP contribution in [0.2, 0.25) is 0 Å². The van der Waals surface area contributed by atoms with Crippen LogP contribution in [-0.2, 0) is 4.89 Å². The second-order valence-electron chi connectivity index (χ2n) is 25.6. The minimum atomic E-state index is 0.500. The van der Waals surface area contributed by atoms with Crippen LogP contribution in [-0.4, -0.2) is 11.9 Å². The molecule has 0 amide bonds. The normalized spacial score (nSPS) is 11.8. The lowest BCUT2D eigenvalue weighted by molar-refractivity contribution is -0.242. The van der Waals surface area contributed by atoms with Crippen molar-refractivity contribution in [3.8, 4) is 0 Å². The highest BCUT2D eigenvalue weighted by molar-refractivity contribution is 4.57. The van der Waals surface area contributed by atoms with E-state index in [9.17, 15) is 0 Å². The van der Waals surface area contributed by atoms with E-state index in [0.29, 0.717) is 6.61 Å². The first kappa shape index (κ1) is 74.9. The van der Waals surface area contributed by atoms with E-state index in [1.165, 1.54) is 449 Å². The summed E-state index contributed by atoms with van der Waals surface area (Å²) in [4.78, 5) is 4.14. The number of hydrogen-bond donors (Lipinski definition) is 1. The van der Waals surface area contributed by atoms with E-state index in [2.05, 4.69) is 11.8 Å². The maximum Gasteiger partial charge on any atom is 0.0819 e. The van der Waals surface area contributed by atoms with Gasteiger partial charge in [0.05, 0.1) is 6.61 Å². The van der Waals surface area contributed by atoms with Gasteiger partial charge in [0.15, 0.2) is 0 Å². The Bertz CT molecular complexity index is 845. The maximum atomic E-state index is 8.34. The highest BCUT2D eigenvalue weighted by atomic mass is 17.1. The van der Waals surface area contributed by atoms with Gasteiger partial charge in [0.1, 0.15) is 0 Å². The van der Waals surface area contributed by atoms with Crippen molar-refractivity contribution in [3.63, 3.8) is 0 Å². The Labute approximate surface area is 477 Å². The molecular weight excluding hydrogens is 909 g/mol. The third-order valence-electron chi connectivity index (χ3n) is 17.8. The molecule has 0 saturated carbocycles. The Hall–Kier alpha value is -0.0800. The molecule has 0 saturated heterocycles. The van der Waals surface area contributed by atoms with Crippen LogP contribution in [0.25, 0.3) is 0 Å². The lowest BCUT2D eigenvalue weighted by atomic mass is 10.0. The van der Waals surface area contributed by atoms with Crippen molar-refractivity contribution in [1.29, 1.82) is 0 Å². The fourth-order valence-corrected chi connectivity index (χ4v) is 12.4. The minimum Gasteiger partial charge on any atom is -0.252 e. The quantitative estimate of drug-likeness (QED) is 0.0374. The van der Waals surface area contributed by atoms with Crippen LogP contribution in [0.1, 0.15) is 463 Å². The molecule has 0 fully saturated rings. The van der Waals surface area contributed by atoms with Crippen LogP contribution < -0.4 is 0 Å². The van der Waals surface area contributed by atoms with Gasteiger partial charge in [-0.15, -0.1) is 0 Å². The molecule has 0 rings (SSSR count). The van der Waals surface area contributed by atoms with Crippen LogP contribution >= 0.6 is 0 Å². The van der Waals surface area contributed by atoms with Gasteiger partial charge in [0.2, 0.25) is 0 Å². The van der Waals surface area contributed by atoms with Gasteiger partial charge in [-0.25, -0.2) is 4.89 Å². The van der Waals surface area contributed by atoms with Crippen LogP contribution in [0.4, 0.5) is 0 Å². The Kier molecular flexibility index (Phi) is 73.8. The molecule has 0 aliphatic rings. The molecule has 0 heterocycles. The first-order valence-corrected chi connectivity index (χ1v) is 36.7. The van der Waals surface area contributed by atoms with Gasteiger partial charge in [-0.1, -0.05) is 456 Å². The Morgan fingerprint density at radius 3 is 0.293 bits per heavy atom. The van der Waals surface area contributed by atoms with Gasteiger partial charge in [-0.3, -0.25) is 5.26 Å².